The molecule has 0 aromatic carbocycles. The van der Waals surface area contributed by atoms with Crippen LogP contribution in [0.2, 0.25) is 0 Å². The van der Waals surface area contributed by atoms with E-state index in [1.807, 2.05) is 13.0 Å². The Labute approximate surface area is 122 Å². The fourth-order valence-corrected chi connectivity index (χ4v) is 2.74. The highest BCUT2D eigenvalue weighted by molar-refractivity contribution is 9.11. The van der Waals surface area contributed by atoms with Crippen LogP contribution in [0.15, 0.2) is 27.4 Å². The lowest BCUT2D eigenvalue weighted by molar-refractivity contribution is 0.197. The van der Waals surface area contributed by atoms with E-state index >= 15 is 0 Å². The van der Waals surface area contributed by atoms with E-state index in [-0.39, 0.29) is 0 Å². The Kier molecular flexibility index (Phi) is 4.09. The molecule has 0 bridgehead atoms. The van der Waals surface area contributed by atoms with E-state index in [2.05, 4.69) is 46.8 Å². The number of pyridine rings is 1. The van der Waals surface area contributed by atoms with Gasteiger partial charge >= 0.3 is 0 Å². The molecule has 0 aliphatic heterocycles. The molecule has 0 unspecified atom stereocenters. The first-order valence-corrected chi connectivity index (χ1v) is 6.90. The van der Waals surface area contributed by atoms with Crippen molar-refractivity contribution in [3.63, 3.8) is 0 Å². The predicted molar refractivity (Wildman–Crippen MR) is 76.0 cm³/mol. The summed E-state index contributed by atoms with van der Waals surface area (Å²) in [6.07, 6.45) is 2.76. The van der Waals surface area contributed by atoms with Gasteiger partial charge in [-0.25, -0.2) is 9.97 Å². The third kappa shape index (κ3) is 2.76. The number of hydrogen-bond acceptors (Lipinski definition) is 4. The van der Waals surface area contributed by atoms with E-state index in [0.717, 1.165) is 20.2 Å². The van der Waals surface area contributed by atoms with Crippen LogP contribution in [-0.2, 0) is 0 Å². The van der Waals surface area contributed by atoms with Crippen molar-refractivity contribution < 1.29 is 5.11 Å². The summed E-state index contributed by atoms with van der Waals surface area (Å²) in [4.78, 5) is 12.9. The van der Waals surface area contributed by atoms with Gasteiger partial charge in [-0.05, 0) is 51.8 Å². The molecule has 0 aliphatic rings. The van der Waals surface area contributed by atoms with Gasteiger partial charge in [0.25, 0.3) is 0 Å². The van der Waals surface area contributed by atoms with Crippen LogP contribution in [0.25, 0.3) is 11.5 Å². The van der Waals surface area contributed by atoms with Crippen molar-refractivity contribution in [1.82, 2.24) is 15.0 Å². The fourth-order valence-electron chi connectivity index (χ4n) is 1.58. The van der Waals surface area contributed by atoms with Crippen molar-refractivity contribution in [2.75, 3.05) is 0 Å². The van der Waals surface area contributed by atoms with Gasteiger partial charge in [0.2, 0.25) is 0 Å². The lowest BCUT2D eigenvalue weighted by Gasteiger charge is -2.09. The quantitative estimate of drug-likeness (QED) is 0.877. The number of aliphatic hydroxyl groups excluding tert-OH is 1. The Balaban J connectivity index is 2.49. The highest BCUT2D eigenvalue weighted by Crippen LogP contribution is 2.27. The molecule has 4 nitrogen and oxygen atoms in total. The van der Waals surface area contributed by atoms with Crippen LogP contribution >= 0.6 is 31.9 Å². The molecule has 0 fully saturated rings. The number of rotatable bonds is 2. The Morgan fingerprint density at radius 2 is 1.94 bits per heavy atom. The summed E-state index contributed by atoms with van der Waals surface area (Å²) in [5, 5.41) is 9.55. The second kappa shape index (κ2) is 5.42. The lowest BCUT2D eigenvalue weighted by atomic mass is 10.1. The monoisotopic (exact) mass is 371 g/mol. The third-order valence-electron chi connectivity index (χ3n) is 2.49. The summed E-state index contributed by atoms with van der Waals surface area (Å²) in [6.45, 7) is 3.54. The minimum absolute atomic E-state index is 0.538. The van der Waals surface area contributed by atoms with E-state index in [1.54, 1.807) is 19.3 Å². The number of nitrogens with zero attached hydrogens (tertiary/aromatic N) is 3. The minimum atomic E-state index is -0.569. The molecule has 0 radical (unpaired) electrons. The highest BCUT2D eigenvalue weighted by Gasteiger charge is 2.12. The summed E-state index contributed by atoms with van der Waals surface area (Å²) in [5.74, 6) is 0.538. The zero-order valence-electron chi connectivity index (χ0n) is 9.85. The molecule has 2 aromatic rings. The van der Waals surface area contributed by atoms with Crippen LogP contribution in [0, 0.1) is 6.92 Å². The largest absolute Gasteiger partial charge is 0.389 e. The van der Waals surface area contributed by atoms with Gasteiger partial charge in [-0.2, -0.15) is 0 Å². The number of aliphatic hydroxyl groups is 1. The standard InChI is InChI=1S/C12H11Br2N3O/c1-6-9(7(2)18)5-16-12(17-6)11-10(14)3-8(13)4-15-11/h3-5,7,18H,1-2H3/t7-/m0/s1. The van der Waals surface area contributed by atoms with Crippen molar-refractivity contribution in [2.45, 2.75) is 20.0 Å². The van der Waals surface area contributed by atoms with Crippen molar-refractivity contribution in [3.8, 4) is 11.5 Å². The molecule has 1 atom stereocenters. The summed E-state index contributed by atoms with van der Waals surface area (Å²) in [7, 11) is 0. The normalized spacial score (nSPS) is 12.5. The first kappa shape index (κ1) is 13.6. The Morgan fingerprint density at radius 1 is 1.22 bits per heavy atom. The highest BCUT2D eigenvalue weighted by atomic mass is 79.9. The van der Waals surface area contributed by atoms with E-state index < -0.39 is 6.10 Å². The average molecular weight is 373 g/mol. The SMILES string of the molecule is Cc1nc(-c2ncc(Br)cc2Br)ncc1[C@H](C)O. The second-order valence-corrected chi connectivity index (χ2v) is 5.66. The van der Waals surface area contributed by atoms with Crippen LogP contribution in [-0.4, -0.2) is 20.1 Å². The van der Waals surface area contributed by atoms with Gasteiger partial charge in [-0.1, -0.05) is 0 Å². The van der Waals surface area contributed by atoms with Gasteiger partial charge in [0.15, 0.2) is 5.82 Å². The van der Waals surface area contributed by atoms with Gasteiger partial charge in [0.05, 0.1) is 6.10 Å². The van der Waals surface area contributed by atoms with Crippen LogP contribution in [0.1, 0.15) is 24.3 Å². The summed E-state index contributed by atoms with van der Waals surface area (Å²) in [5.41, 5.74) is 2.16. The fraction of sp³-hybridized carbons (Fsp3) is 0.250. The van der Waals surface area contributed by atoms with Crippen LogP contribution < -0.4 is 0 Å². The van der Waals surface area contributed by atoms with Gasteiger partial charge in [-0.3, -0.25) is 4.98 Å². The molecule has 6 heteroatoms. The van der Waals surface area contributed by atoms with E-state index in [9.17, 15) is 5.11 Å². The number of hydrogen-bond donors (Lipinski definition) is 1. The summed E-state index contributed by atoms with van der Waals surface area (Å²) >= 11 is 6.78. The van der Waals surface area contributed by atoms with Gasteiger partial charge in [0.1, 0.15) is 5.69 Å². The maximum absolute atomic E-state index is 9.55. The Bertz CT molecular complexity index is 588. The maximum atomic E-state index is 9.55. The lowest BCUT2D eigenvalue weighted by Crippen LogP contribution is -2.02. The van der Waals surface area contributed by atoms with Crippen molar-refractivity contribution >= 4 is 31.9 Å². The molecule has 0 saturated carbocycles. The molecule has 1 N–H and O–H groups in total. The first-order chi connectivity index (χ1) is 8.49. The van der Waals surface area contributed by atoms with Gasteiger partial charge in [-0.15, -0.1) is 0 Å². The topological polar surface area (TPSA) is 58.9 Å². The molecule has 2 heterocycles. The van der Waals surface area contributed by atoms with E-state index in [0.29, 0.717) is 11.5 Å². The number of halogens is 2. The molecule has 0 spiro atoms. The minimum Gasteiger partial charge on any atom is -0.389 e. The van der Waals surface area contributed by atoms with Crippen molar-refractivity contribution in [3.05, 3.63) is 38.7 Å². The molecule has 2 aromatic heterocycles. The number of aryl methyl sites for hydroxylation is 1. The Hall–Kier alpha value is -0.850. The van der Waals surface area contributed by atoms with E-state index in [1.165, 1.54) is 0 Å². The number of aromatic nitrogens is 3. The molecule has 94 valence electrons. The zero-order chi connectivity index (χ0) is 13.3. The third-order valence-corrected chi connectivity index (χ3v) is 3.53. The van der Waals surface area contributed by atoms with Gasteiger partial charge in [0, 0.05) is 32.6 Å². The second-order valence-electron chi connectivity index (χ2n) is 3.89. The van der Waals surface area contributed by atoms with E-state index in [4.69, 9.17) is 0 Å². The molecule has 2 rings (SSSR count). The molecule has 0 saturated heterocycles. The smallest absolute Gasteiger partial charge is 0.179 e. The molecule has 18 heavy (non-hydrogen) atoms. The molecule has 0 amide bonds. The van der Waals surface area contributed by atoms with Crippen LogP contribution in [0.5, 0.6) is 0 Å². The summed E-state index contributed by atoms with van der Waals surface area (Å²) in [6, 6.07) is 1.89. The molecular formula is C12H11Br2N3O. The average Bonchev–Trinajstić information content (AvgIpc) is 2.28. The maximum Gasteiger partial charge on any atom is 0.179 e. The van der Waals surface area contributed by atoms with Crippen molar-refractivity contribution in [1.29, 1.82) is 0 Å². The zero-order valence-corrected chi connectivity index (χ0v) is 13.0. The summed E-state index contributed by atoms with van der Waals surface area (Å²) < 4.78 is 1.71. The van der Waals surface area contributed by atoms with Crippen LogP contribution in [0.3, 0.4) is 0 Å². The van der Waals surface area contributed by atoms with Crippen LogP contribution in [0.4, 0.5) is 0 Å². The van der Waals surface area contributed by atoms with Crippen molar-refractivity contribution in [2.24, 2.45) is 0 Å². The predicted octanol–water partition coefficient (Wildman–Crippen LogP) is 3.43. The Morgan fingerprint density at radius 3 is 2.50 bits per heavy atom. The molecular weight excluding hydrogens is 362 g/mol. The first-order valence-electron chi connectivity index (χ1n) is 5.32. The van der Waals surface area contributed by atoms with Gasteiger partial charge < -0.3 is 5.11 Å². The molecule has 0 aliphatic carbocycles.